The van der Waals surface area contributed by atoms with E-state index in [9.17, 15) is 14.4 Å². The molecule has 0 heterocycles. The quantitative estimate of drug-likeness (QED) is 0.354. The molecule has 0 bridgehead atoms. The molecule has 2 aromatic rings. The molecule has 2 amide bonds. The van der Waals surface area contributed by atoms with Gasteiger partial charge in [-0.1, -0.05) is 18.2 Å². The van der Waals surface area contributed by atoms with E-state index in [2.05, 4.69) is 31.8 Å². The first-order chi connectivity index (χ1) is 14.3. The standard InChI is InChI=1S/C20H20BrN3O6/c1-13-4-2-3-5-16(13)29-11-19(26)22-10-18(25)24-23-9-14-6-7-17(15(21)8-14)30-12-20(27)28/h2-9H,10-12H2,1H3,(H,22,26)(H,24,25)(H,27,28)/b23-9-. The van der Waals surface area contributed by atoms with Gasteiger partial charge in [-0.15, -0.1) is 0 Å². The summed E-state index contributed by atoms with van der Waals surface area (Å²) in [5, 5.41) is 14.9. The van der Waals surface area contributed by atoms with Crippen LogP contribution in [0.1, 0.15) is 11.1 Å². The van der Waals surface area contributed by atoms with Gasteiger partial charge in [-0.3, -0.25) is 9.59 Å². The average Bonchev–Trinajstić information content (AvgIpc) is 2.71. The molecule has 30 heavy (non-hydrogen) atoms. The first-order valence-electron chi connectivity index (χ1n) is 8.76. The molecule has 2 aromatic carbocycles. The number of ether oxygens (including phenoxy) is 2. The summed E-state index contributed by atoms with van der Waals surface area (Å²) in [6.45, 7) is 0.961. The molecular weight excluding hydrogens is 458 g/mol. The Morgan fingerprint density at radius 2 is 1.80 bits per heavy atom. The molecule has 0 aromatic heterocycles. The summed E-state index contributed by atoms with van der Waals surface area (Å²) >= 11 is 3.27. The van der Waals surface area contributed by atoms with Crippen molar-refractivity contribution in [3.63, 3.8) is 0 Å². The highest BCUT2D eigenvalue weighted by molar-refractivity contribution is 9.10. The van der Waals surface area contributed by atoms with Gasteiger partial charge in [0.1, 0.15) is 11.5 Å². The molecule has 0 unspecified atom stereocenters. The number of amides is 2. The monoisotopic (exact) mass is 477 g/mol. The Morgan fingerprint density at radius 3 is 2.50 bits per heavy atom. The molecule has 0 atom stereocenters. The summed E-state index contributed by atoms with van der Waals surface area (Å²) < 4.78 is 11.0. The van der Waals surface area contributed by atoms with Crippen LogP contribution in [0.25, 0.3) is 0 Å². The molecule has 2 rings (SSSR count). The topological polar surface area (TPSA) is 126 Å². The lowest BCUT2D eigenvalue weighted by atomic mass is 10.2. The van der Waals surface area contributed by atoms with E-state index in [1.54, 1.807) is 30.3 Å². The minimum atomic E-state index is -1.08. The zero-order valence-electron chi connectivity index (χ0n) is 16.1. The van der Waals surface area contributed by atoms with Gasteiger partial charge in [-0.25, -0.2) is 10.2 Å². The maximum absolute atomic E-state index is 11.8. The predicted octanol–water partition coefficient (Wildman–Crippen LogP) is 1.87. The van der Waals surface area contributed by atoms with Gasteiger partial charge in [-0.2, -0.15) is 5.10 Å². The Morgan fingerprint density at radius 1 is 1.07 bits per heavy atom. The van der Waals surface area contributed by atoms with Crippen LogP contribution in [0.15, 0.2) is 52.0 Å². The van der Waals surface area contributed by atoms with Crippen molar-refractivity contribution in [2.24, 2.45) is 5.10 Å². The third-order valence-electron chi connectivity index (χ3n) is 3.61. The molecule has 10 heteroatoms. The van der Waals surface area contributed by atoms with E-state index in [1.165, 1.54) is 6.21 Å². The number of halogens is 1. The van der Waals surface area contributed by atoms with Crippen molar-refractivity contribution in [3.05, 3.63) is 58.1 Å². The molecule has 9 nitrogen and oxygen atoms in total. The van der Waals surface area contributed by atoms with Gasteiger partial charge >= 0.3 is 5.97 Å². The number of carbonyl (C=O) groups excluding carboxylic acids is 2. The third kappa shape index (κ3) is 7.92. The maximum Gasteiger partial charge on any atom is 0.341 e. The Labute approximate surface area is 181 Å². The van der Waals surface area contributed by atoms with Crippen LogP contribution >= 0.6 is 15.9 Å². The van der Waals surface area contributed by atoms with E-state index in [1.807, 2.05) is 19.1 Å². The average molecular weight is 478 g/mol. The highest BCUT2D eigenvalue weighted by Crippen LogP contribution is 2.25. The highest BCUT2D eigenvalue weighted by atomic mass is 79.9. The van der Waals surface area contributed by atoms with Gasteiger partial charge in [-0.05, 0) is 58.2 Å². The zero-order valence-corrected chi connectivity index (χ0v) is 17.6. The van der Waals surface area contributed by atoms with Gasteiger partial charge in [0.25, 0.3) is 11.8 Å². The first-order valence-corrected chi connectivity index (χ1v) is 9.55. The number of nitrogens with zero attached hydrogens (tertiary/aromatic N) is 1. The summed E-state index contributed by atoms with van der Waals surface area (Å²) in [5.41, 5.74) is 3.84. The Bertz CT molecular complexity index is 948. The van der Waals surface area contributed by atoms with Crippen LogP contribution in [0.4, 0.5) is 0 Å². The molecular formula is C20H20BrN3O6. The van der Waals surface area contributed by atoms with Gasteiger partial charge in [0.15, 0.2) is 13.2 Å². The number of carboxylic acid groups (broad SMARTS) is 1. The second-order valence-electron chi connectivity index (χ2n) is 6.00. The number of nitrogens with one attached hydrogen (secondary N) is 2. The number of carbonyl (C=O) groups is 3. The van der Waals surface area contributed by atoms with E-state index in [4.69, 9.17) is 14.6 Å². The largest absolute Gasteiger partial charge is 0.484 e. The fraction of sp³-hybridized carbons (Fsp3) is 0.200. The molecule has 0 fully saturated rings. The number of benzene rings is 2. The molecule has 0 spiro atoms. The SMILES string of the molecule is Cc1ccccc1OCC(=O)NCC(=O)N/N=C\c1ccc(OCC(=O)O)c(Br)c1. The zero-order chi connectivity index (χ0) is 21.9. The maximum atomic E-state index is 11.8. The second-order valence-corrected chi connectivity index (χ2v) is 6.85. The van der Waals surface area contributed by atoms with Crippen molar-refractivity contribution in [1.82, 2.24) is 10.7 Å². The van der Waals surface area contributed by atoms with Gasteiger partial charge < -0.3 is 19.9 Å². The van der Waals surface area contributed by atoms with Crippen molar-refractivity contribution in [1.29, 1.82) is 0 Å². The summed E-state index contributed by atoms with van der Waals surface area (Å²) in [4.78, 5) is 34.1. The Kier molecular flexibility index (Phi) is 8.82. The van der Waals surface area contributed by atoms with Crippen LogP contribution < -0.4 is 20.2 Å². The van der Waals surface area contributed by atoms with E-state index >= 15 is 0 Å². The number of para-hydroxylation sites is 1. The minimum absolute atomic E-state index is 0.203. The van der Waals surface area contributed by atoms with Crippen LogP contribution in [-0.2, 0) is 14.4 Å². The molecule has 0 aliphatic rings. The smallest absolute Gasteiger partial charge is 0.341 e. The van der Waals surface area contributed by atoms with Crippen molar-refractivity contribution < 1.29 is 29.0 Å². The Hall–Kier alpha value is -3.40. The van der Waals surface area contributed by atoms with Crippen molar-refractivity contribution in [3.8, 4) is 11.5 Å². The molecule has 158 valence electrons. The molecule has 0 radical (unpaired) electrons. The fourth-order valence-corrected chi connectivity index (χ4v) is 2.67. The molecule has 0 saturated carbocycles. The van der Waals surface area contributed by atoms with Crippen LogP contribution in [0.5, 0.6) is 11.5 Å². The number of aryl methyl sites for hydroxylation is 1. The van der Waals surface area contributed by atoms with Gasteiger partial charge in [0.2, 0.25) is 0 Å². The van der Waals surface area contributed by atoms with E-state index in [0.717, 1.165) is 5.56 Å². The van der Waals surface area contributed by atoms with Gasteiger partial charge in [0.05, 0.1) is 17.2 Å². The summed E-state index contributed by atoms with van der Waals surface area (Å²) in [5.74, 6) is -1.04. The summed E-state index contributed by atoms with van der Waals surface area (Å²) in [6, 6.07) is 12.2. The van der Waals surface area contributed by atoms with Crippen molar-refractivity contribution in [2.45, 2.75) is 6.92 Å². The summed E-state index contributed by atoms with van der Waals surface area (Å²) in [6.07, 6.45) is 1.40. The minimum Gasteiger partial charge on any atom is -0.484 e. The Balaban J connectivity index is 1.72. The number of aliphatic carboxylic acids is 1. The van der Waals surface area contributed by atoms with Crippen LogP contribution in [0.2, 0.25) is 0 Å². The van der Waals surface area contributed by atoms with Crippen LogP contribution in [0, 0.1) is 6.92 Å². The first kappa shape index (κ1) is 22.9. The van der Waals surface area contributed by atoms with E-state index in [0.29, 0.717) is 21.5 Å². The molecule has 3 N–H and O–H groups in total. The number of hydrazone groups is 1. The highest BCUT2D eigenvalue weighted by Gasteiger charge is 2.07. The fourth-order valence-electron chi connectivity index (χ4n) is 2.16. The number of hydrogen-bond acceptors (Lipinski definition) is 6. The third-order valence-corrected chi connectivity index (χ3v) is 4.23. The molecule has 0 aliphatic carbocycles. The molecule has 0 aliphatic heterocycles. The van der Waals surface area contributed by atoms with E-state index < -0.39 is 24.4 Å². The van der Waals surface area contributed by atoms with Crippen LogP contribution in [-0.4, -0.2) is 48.9 Å². The molecule has 0 saturated heterocycles. The number of carboxylic acids is 1. The normalized spacial score (nSPS) is 10.5. The lowest BCUT2D eigenvalue weighted by Gasteiger charge is -2.09. The number of rotatable bonds is 10. The predicted molar refractivity (Wildman–Crippen MR) is 113 cm³/mol. The number of hydrogen-bond donors (Lipinski definition) is 3. The van der Waals surface area contributed by atoms with E-state index in [-0.39, 0.29) is 13.2 Å². The summed E-state index contributed by atoms with van der Waals surface area (Å²) in [7, 11) is 0. The van der Waals surface area contributed by atoms with Crippen molar-refractivity contribution >= 4 is 39.9 Å². The van der Waals surface area contributed by atoms with Crippen LogP contribution in [0.3, 0.4) is 0 Å². The second kappa shape index (κ2) is 11.6. The van der Waals surface area contributed by atoms with Crippen molar-refractivity contribution in [2.75, 3.05) is 19.8 Å². The van der Waals surface area contributed by atoms with Gasteiger partial charge in [0, 0.05) is 0 Å². The lowest BCUT2D eigenvalue weighted by Crippen LogP contribution is -2.37. The lowest BCUT2D eigenvalue weighted by molar-refractivity contribution is -0.139.